The molecule has 2 N–H and O–H groups in total. The molecule has 0 aromatic rings. The number of esters is 2. The van der Waals surface area contributed by atoms with Gasteiger partial charge in [-0.2, -0.15) is 0 Å². The summed E-state index contributed by atoms with van der Waals surface area (Å²) in [7, 11) is 0. The number of carbonyl (C=O) groups is 4. The summed E-state index contributed by atoms with van der Waals surface area (Å²) in [6.07, 6.45) is 1.90. The number of ether oxygens (including phenoxy) is 2. The molecule has 8 nitrogen and oxygen atoms in total. The zero-order chi connectivity index (χ0) is 16.8. The van der Waals surface area contributed by atoms with E-state index in [1.54, 1.807) is 0 Å². The minimum Gasteiger partial charge on any atom is -0.481 e. The molecule has 0 aromatic heterocycles. The van der Waals surface area contributed by atoms with Crippen molar-refractivity contribution in [3.8, 4) is 0 Å². The fourth-order valence-corrected chi connectivity index (χ4v) is 2.56. The van der Waals surface area contributed by atoms with Gasteiger partial charge >= 0.3 is 23.9 Å². The number of aliphatic carboxylic acids is 2. The molecule has 0 heterocycles. The first-order valence-corrected chi connectivity index (χ1v) is 6.79. The number of rotatable bonds is 7. The van der Waals surface area contributed by atoms with Crippen molar-refractivity contribution in [1.29, 1.82) is 0 Å². The topological polar surface area (TPSA) is 127 Å². The van der Waals surface area contributed by atoms with Crippen molar-refractivity contribution < 1.29 is 38.9 Å². The molecule has 0 spiro atoms. The predicted molar refractivity (Wildman–Crippen MR) is 71.8 cm³/mol. The van der Waals surface area contributed by atoms with Crippen molar-refractivity contribution in [2.75, 3.05) is 13.2 Å². The smallest absolute Gasteiger partial charge is 0.330 e. The van der Waals surface area contributed by atoms with E-state index in [9.17, 15) is 29.4 Å². The minimum atomic E-state index is -2.09. The Morgan fingerprint density at radius 2 is 1.77 bits per heavy atom. The summed E-state index contributed by atoms with van der Waals surface area (Å²) in [4.78, 5) is 45.8. The number of carbonyl (C=O) groups excluding carboxylic acids is 2. The van der Waals surface area contributed by atoms with E-state index in [2.05, 4.69) is 11.3 Å². The summed E-state index contributed by atoms with van der Waals surface area (Å²) in [5, 5.41) is 18.6. The molecular formula is C14H18O8. The molecule has 1 fully saturated rings. The second-order valence-electron chi connectivity index (χ2n) is 4.92. The monoisotopic (exact) mass is 314 g/mol. The Bertz CT molecular complexity index is 483. The highest BCUT2D eigenvalue weighted by molar-refractivity contribution is 6.03. The molecule has 0 aromatic carbocycles. The van der Waals surface area contributed by atoms with Crippen LogP contribution in [0.4, 0.5) is 0 Å². The van der Waals surface area contributed by atoms with Crippen molar-refractivity contribution >= 4 is 23.9 Å². The van der Waals surface area contributed by atoms with E-state index >= 15 is 0 Å². The molecule has 1 saturated carbocycles. The number of hydrogen-bond donors (Lipinski definition) is 2. The Kier molecular flexibility index (Phi) is 6.09. The highest BCUT2D eigenvalue weighted by Gasteiger charge is 2.57. The van der Waals surface area contributed by atoms with Crippen LogP contribution in [0.25, 0.3) is 0 Å². The summed E-state index contributed by atoms with van der Waals surface area (Å²) in [6, 6.07) is 0. The van der Waals surface area contributed by atoms with Gasteiger partial charge < -0.3 is 19.7 Å². The van der Waals surface area contributed by atoms with Crippen LogP contribution in [0.5, 0.6) is 0 Å². The quantitative estimate of drug-likeness (QED) is 0.303. The normalized spacial score (nSPS) is 24.1. The van der Waals surface area contributed by atoms with Gasteiger partial charge in [-0.1, -0.05) is 19.4 Å². The zero-order valence-electron chi connectivity index (χ0n) is 11.9. The summed E-state index contributed by atoms with van der Waals surface area (Å²) in [5.41, 5.74) is -2.09. The molecule has 0 radical (unpaired) electrons. The highest BCUT2D eigenvalue weighted by Crippen LogP contribution is 2.43. The Hall–Kier alpha value is -2.38. The molecule has 1 rings (SSSR count). The maximum atomic E-state index is 12.2. The molecule has 1 aliphatic carbocycles. The maximum Gasteiger partial charge on any atom is 0.330 e. The molecule has 0 amide bonds. The van der Waals surface area contributed by atoms with Crippen molar-refractivity contribution in [2.45, 2.75) is 25.7 Å². The average molecular weight is 314 g/mol. The van der Waals surface area contributed by atoms with Crippen molar-refractivity contribution in [1.82, 2.24) is 0 Å². The molecule has 2 atom stereocenters. The van der Waals surface area contributed by atoms with Crippen LogP contribution >= 0.6 is 0 Å². The van der Waals surface area contributed by atoms with Gasteiger partial charge in [-0.3, -0.25) is 14.4 Å². The van der Waals surface area contributed by atoms with Crippen molar-refractivity contribution in [3.05, 3.63) is 12.7 Å². The number of hydrogen-bond acceptors (Lipinski definition) is 6. The van der Waals surface area contributed by atoms with E-state index in [4.69, 9.17) is 4.74 Å². The average Bonchev–Trinajstić information content (AvgIpc) is 2.50. The van der Waals surface area contributed by atoms with Gasteiger partial charge in [-0.15, -0.1) is 0 Å². The number of carboxylic acids is 2. The van der Waals surface area contributed by atoms with Gasteiger partial charge in [0.25, 0.3) is 0 Å². The third-order valence-corrected chi connectivity index (χ3v) is 3.68. The molecule has 0 aliphatic heterocycles. The maximum absolute atomic E-state index is 12.2. The van der Waals surface area contributed by atoms with Crippen LogP contribution in [-0.4, -0.2) is 47.3 Å². The van der Waals surface area contributed by atoms with Crippen LogP contribution in [0.2, 0.25) is 0 Å². The molecule has 22 heavy (non-hydrogen) atoms. The SMILES string of the molecule is C=CC(=O)OCCOC(=O)C1(C(=O)O)CCCCC1C(=O)O. The Morgan fingerprint density at radius 1 is 1.14 bits per heavy atom. The fourth-order valence-electron chi connectivity index (χ4n) is 2.56. The van der Waals surface area contributed by atoms with E-state index in [1.807, 2.05) is 0 Å². The first-order valence-electron chi connectivity index (χ1n) is 6.79. The lowest BCUT2D eigenvalue weighted by Crippen LogP contribution is -2.51. The third kappa shape index (κ3) is 3.63. The van der Waals surface area contributed by atoms with Crippen molar-refractivity contribution in [3.63, 3.8) is 0 Å². The summed E-state index contributed by atoms with van der Waals surface area (Å²) < 4.78 is 9.43. The van der Waals surface area contributed by atoms with Gasteiger partial charge in [0.2, 0.25) is 0 Å². The molecule has 0 bridgehead atoms. The second kappa shape index (κ2) is 7.58. The van der Waals surface area contributed by atoms with E-state index in [1.165, 1.54) is 0 Å². The summed E-state index contributed by atoms with van der Waals surface area (Å²) in [6.45, 7) is 2.58. The molecule has 2 unspecified atom stereocenters. The first-order chi connectivity index (χ1) is 10.4. The van der Waals surface area contributed by atoms with E-state index < -0.39 is 35.2 Å². The molecule has 1 aliphatic rings. The lowest BCUT2D eigenvalue weighted by Gasteiger charge is -2.35. The van der Waals surface area contributed by atoms with Gasteiger partial charge in [-0.05, 0) is 12.8 Å². The van der Waals surface area contributed by atoms with Crippen LogP contribution in [0.15, 0.2) is 12.7 Å². The van der Waals surface area contributed by atoms with E-state index in [0.717, 1.165) is 6.08 Å². The van der Waals surface area contributed by atoms with Crippen LogP contribution in [0.1, 0.15) is 25.7 Å². The number of carboxylic acid groups (broad SMARTS) is 2. The largest absolute Gasteiger partial charge is 0.481 e. The van der Waals surface area contributed by atoms with Crippen LogP contribution in [0, 0.1) is 11.3 Å². The van der Waals surface area contributed by atoms with E-state index in [0.29, 0.717) is 12.8 Å². The van der Waals surface area contributed by atoms with Gasteiger partial charge in [0, 0.05) is 6.08 Å². The highest BCUT2D eigenvalue weighted by atomic mass is 16.6. The van der Waals surface area contributed by atoms with Crippen LogP contribution in [-0.2, 0) is 28.7 Å². The zero-order valence-corrected chi connectivity index (χ0v) is 11.9. The van der Waals surface area contributed by atoms with Gasteiger partial charge in [-0.25, -0.2) is 4.79 Å². The minimum absolute atomic E-state index is 0.0927. The van der Waals surface area contributed by atoms with Gasteiger partial charge in [0.15, 0.2) is 5.41 Å². The fraction of sp³-hybridized carbons (Fsp3) is 0.571. The van der Waals surface area contributed by atoms with Gasteiger partial charge in [0.05, 0.1) is 5.92 Å². The van der Waals surface area contributed by atoms with Crippen LogP contribution < -0.4 is 0 Å². The Balaban J connectivity index is 2.78. The summed E-state index contributed by atoms with van der Waals surface area (Å²) >= 11 is 0. The predicted octanol–water partition coefficient (Wildman–Crippen LogP) is 0.605. The second-order valence-corrected chi connectivity index (χ2v) is 4.92. The first kappa shape index (κ1) is 17.7. The molecule has 122 valence electrons. The van der Waals surface area contributed by atoms with Gasteiger partial charge in [0.1, 0.15) is 13.2 Å². The Morgan fingerprint density at radius 3 is 2.32 bits per heavy atom. The summed E-state index contributed by atoms with van der Waals surface area (Å²) in [5.74, 6) is -5.99. The Labute approximate surface area is 126 Å². The molecule has 8 heteroatoms. The van der Waals surface area contributed by atoms with Crippen molar-refractivity contribution in [2.24, 2.45) is 11.3 Å². The van der Waals surface area contributed by atoms with Crippen LogP contribution in [0.3, 0.4) is 0 Å². The third-order valence-electron chi connectivity index (χ3n) is 3.68. The lowest BCUT2D eigenvalue weighted by molar-refractivity contribution is -0.183. The molecule has 0 saturated heterocycles. The lowest BCUT2D eigenvalue weighted by atomic mass is 9.66. The van der Waals surface area contributed by atoms with E-state index in [-0.39, 0.29) is 26.1 Å². The molecular weight excluding hydrogens is 296 g/mol. The standard InChI is InChI=1S/C14H18O8/c1-2-10(15)21-7-8-22-13(20)14(12(18)19)6-4-3-5-9(14)11(16)17/h2,9H,1,3-8H2,(H,16,17)(H,18,19).